The molecule has 2 heterocycles. The lowest BCUT2D eigenvalue weighted by Gasteiger charge is -2.34. The topological polar surface area (TPSA) is 96.0 Å². The highest BCUT2D eigenvalue weighted by molar-refractivity contribution is 7.86. The Kier molecular flexibility index (Phi) is 6.66. The van der Waals surface area contributed by atoms with Crippen LogP contribution < -0.4 is 15.1 Å². The lowest BCUT2D eigenvalue weighted by molar-refractivity contribution is -0.120. The summed E-state index contributed by atoms with van der Waals surface area (Å²) >= 11 is 0. The lowest BCUT2D eigenvalue weighted by atomic mass is 9.97. The predicted octanol–water partition coefficient (Wildman–Crippen LogP) is 3.20. The molecule has 0 atom stereocenters. The molecular weight excluding hydrogens is 449 g/mol. The number of imide groups is 1. The van der Waals surface area contributed by atoms with Gasteiger partial charge in [0.15, 0.2) is 0 Å². The highest BCUT2D eigenvalue weighted by Crippen LogP contribution is 2.30. The number of nitrogens with one attached hydrogen (secondary N) is 1. The highest BCUT2D eigenvalue weighted by Gasteiger charge is 2.27. The van der Waals surface area contributed by atoms with Crippen molar-refractivity contribution >= 4 is 33.4 Å². The summed E-state index contributed by atoms with van der Waals surface area (Å²) in [4.78, 5) is 26.7. The standard InChI is InChI=1S/C23H26FN3O5S/c1-16-2-5-19(6-3-16)33(30,31)32-15-17-8-11-26(12-9-17)21-7-4-18(14-20(21)24)27-13-10-22(28)25-23(27)29/h2-7,14,17H,8-13,15H2,1H3,(H,25,28,29). The smallest absolute Gasteiger partial charge is 0.328 e. The molecule has 1 N–H and O–H groups in total. The number of hydrogen-bond donors (Lipinski definition) is 1. The van der Waals surface area contributed by atoms with Crippen LogP contribution in [-0.4, -0.2) is 46.6 Å². The third-order valence-electron chi connectivity index (χ3n) is 6.02. The van der Waals surface area contributed by atoms with Crippen molar-refractivity contribution in [2.75, 3.05) is 36.0 Å². The van der Waals surface area contributed by atoms with E-state index in [0.717, 1.165) is 5.56 Å². The fourth-order valence-corrected chi connectivity index (χ4v) is 5.01. The average Bonchev–Trinajstić information content (AvgIpc) is 2.78. The maximum absolute atomic E-state index is 14.8. The van der Waals surface area contributed by atoms with Crippen LogP contribution in [0.2, 0.25) is 0 Å². The molecule has 2 aliphatic rings. The Morgan fingerprint density at radius 1 is 1.06 bits per heavy atom. The first kappa shape index (κ1) is 23.2. The van der Waals surface area contributed by atoms with Gasteiger partial charge < -0.3 is 4.90 Å². The number of amides is 3. The van der Waals surface area contributed by atoms with Gasteiger partial charge in [0, 0.05) is 31.7 Å². The quantitative estimate of drug-likeness (QED) is 0.645. The summed E-state index contributed by atoms with van der Waals surface area (Å²) in [5, 5.41) is 2.23. The molecule has 0 radical (unpaired) electrons. The van der Waals surface area contributed by atoms with Crippen molar-refractivity contribution in [3.63, 3.8) is 0 Å². The van der Waals surface area contributed by atoms with E-state index in [1.165, 1.54) is 23.1 Å². The van der Waals surface area contributed by atoms with Gasteiger partial charge >= 0.3 is 6.03 Å². The zero-order chi connectivity index (χ0) is 23.6. The Bertz CT molecular complexity index is 1150. The monoisotopic (exact) mass is 475 g/mol. The Morgan fingerprint density at radius 2 is 1.76 bits per heavy atom. The maximum atomic E-state index is 14.8. The number of carbonyl (C=O) groups is 2. The van der Waals surface area contributed by atoms with Crippen LogP contribution in [0, 0.1) is 18.7 Å². The molecule has 33 heavy (non-hydrogen) atoms. The molecule has 0 bridgehead atoms. The first-order valence-electron chi connectivity index (χ1n) is 10.8. The Morgan fingerprint density at radius 3 is 2.39 bits per heavy atom. The third-order valence-corrected chi connectivity index (χ3v) is 7.32. The first-order valence-corrected chi connectivity index (χ1v) is 12.3. The van der Waals surface area contributed by atoms with Crippen LogP contribution in [0.25, 0.3) is 0 Å². The minimum atomic E-state index is -3.80. The minimum Gasteiger partial charge on any atom is -0.369 e. The van der Waals surface area contributed by atoms with Crippen molar-refractivity contribution in [3.05, 3.63) is 53.8 Å². The molecule has 176 valence electrons. The van der Waals surface area contributed by atoms with Crippen molar-refractivity contribution < 1.29 is 26.6 Å². The van der Waals surface area contributed by atoms with E-state index >= 15 is 0 Å². The molecule has 2 saturated heterocycles. The van der Waals surface area contributed by atoms with Crippen LogP contribution in [0.1, 0.15) is 24.8 Å². The third kappa shape index (κ3) is 5.33. The molecule has 2 aromatic carbocycles. The summed E-state index contributed by atoms with van der Waals surface area (Å²) in [5.74, 6) is -0.737. The number of halogens is 1. The Labute approximate surface area is 192 Å². The van der Waals surface area contributed by atoms with Crippen LogP contribution >= 0.6 is 0 Å². The number of carbonyl (C=O) groups excluding carboxylic acids is 2. The van der Waals surface area contributed by atoms with Crippen molar-refractivity contribution in [1.29, 1.82) is 0 Å². The number of hydrogen-bond acceptors (Lipinski definition) is 6. The summed E-state index contributed by atoms with van der Waals surface area (Å²) in [5.41, 5.74) is 1.79. The fourth-order valence-electron chi connectivity index (χ4n) is 4.03. The van der Waals surface area contributed by atoms with E-state index in [1.54, 1.807) is 24.3 Å². The van der Waals surface area contributed by atoms with Crippen molar-refractivity contribution in [2.45, 2.75) is 31.1 Å². The van der Waals surface area contributed by atoms with E-state index in [0.29, 0.717) is 37.3 Å². The van der Waals surface area contributed by atoms with E-state index in [-0.39, 0.29) is 36.3 Å². The average molecular weight is 476 g/mol. The first-order chi connectivity index (χ1) is 15.7. The van der Waals surface area contributed by atoms with Crippen LogP contribution in [-0.2, 0) is 19.1 Å². The number of rotatable bonds is 6. The van der Waals surface area contributed by atoms with E-state index < -0.39 is 22.0 Å². The van der Waals surface area contributed by atoms with E-state index in [2.05, 4.69) is 5.32 Å². The molecule has 0 aromatic heterocycles. The number of aryl methyl sites for hydroxylation is 1. The predicted molar refractivity (Wildman–Crippen MR) is 121 cm³/mol. The second kappa shape index (κ2) is 9.48. The number of nitrogens with zero attached hydrogens (tertiary/aromatic N) is 2. The molecule has 2 fully saturated rings. The van der Waals surface area contributed by atoms with E-state index in [1.807, 2.05) is 11.8 Å². The Hall–Kier alpha value is -2.98. The maximum Gasteiger partial charge on any atom is 0.328 e. The zero-order valence-electron chi connectivity index (χ0n) is 18.3. The molecule has 2 aromatic rings. The van der Waals surface area contributed by atoms with Gasteiger partial charge in [0.2, 0.25) is 5.91 Å². The van der Waals surface area contributed by atoms with Gasteiger partial charge in [0.25, 0.3) is 10.1 Å². The van der Waals surface area contributed by atoms with Crippen molar-refractivity contribution in [1.82, 2.24) is 5.32 Å². The zero-order valence-corrected chi connectivity index (χ0v) is 19.1. The van der Waals surface area contributed by atoms with Gasteiger partial charge in [-0.05, 0) is 56.0 Å². The lowest BCUT2D eigenvalue weighted by Crippen LogP contribution is -2.49. The fraction of sp³-hybridized carbons (Fsp3) is 0.391. The van der Waals surface area contributed by atoms with Gasteiger partial charge in [0.05, 0.1) is 17.2 Å². The normalized spacial score (nSPS) is 17.9. The number of piperidine rings is 1. The van der Waals surface area contributed by atoms with Crippen LogP contribution in [0.4, 0.5) is 20.6 Å². The summed E-state index contributed by atoms with van der Waals surface area (Å²) in [6.07, 6.45) is 1.51. The van der Waals surface area contributed by atoms with Gasteiger partial charge in [-0.15, -0.1) is 0 Å². The van der Waals surface area contributed by atoms with Crippen molar-refractivity contribution in [3.8, 4) is 0 Å². The number of anilines is 2. The van der Waals surface area contributed by atoms with Gasteiger partial charge in [0.1, 0.15) is 5.82 Å². The summed E-state index contributed by atoms with van der Waals surface area (Å²) < 4.78 is 44.9. The van der Waals surface area contributed by atoms with E-state index in [9.17, 15) is 22.4 Å². The highest BCUT2D eigenvalue weighted by atomic mass is 32.2. The second-order valence-electron chi connectivity index (χ2n) is 8.37. The molecule has 2 aliphatic heterocycles. The minimum absolute atomic E-state index is 0.0541. The molecule has 0 spiro atoms. The van der Waals surface area contributed by atoms with Crippen molar-refractivity contribution in [2.24, 2.45) is 5.92 Å². The molecule has 8 nitrogen and oxygen atoms in total. The Balaban J connectivity index is 1.33. The van der Waals surface area contributed by atoms with Gasteiger partial charge in [-0.1, -0.05) is 17.7 Å². The molecular formula is C23H26FN3O5S. The summed E-state index contributed by atoms with van der Waals surface area (Å²) in [6.45, 7) is 3.31. The van der Waals surface area contributed by atoms with Crippen LogP contribution in [0.5, 0.6) is 0 Å². The molecule has 0 saturated carbocycles. The van der Waals surface area contributed by atoms with Gasteiger partial charge in [-0.25, -0.2) is 9.18 Å². The van der Waals surface area contributed by atoms with E-state index in [4.69, 9.17) is 4.18 Å². The van der Waals surface area contributed by atoms with Gasteiger partial charge in [-0.3, -0.25) is 19.2 Å². The molecule has 0 aliphatic carbocycles. The number of benzene rings is 2. The molecule has 0 unspecified atom stereocenters. The molecule has 10 heteroatoms. The molecule has 4 rings (SSSR count). The van der Waals surface area contributed by atoms with Gasteiger partial charge in [-0.2, -0.15) is 8.42 Å². The number of urea groups is 1. The second-order valence-corrected chi connectivity index (χ2v) is 9.99. The summed E-state index contributed by atoms with van der Waals surface area (Å²) in [6, 6.07) is 10.6. The van der Waals surface area contributed by atoms with Crippen LogP contribution in [0.3, 0.4) is 0 Å². The van der Waals surface area contributed by atoms with Crippen LogP contribution in [0.15, 0.2) is 47.4 Å². The largest absolute Gasteiger partial charge is 0.369 e. The summed E-state index contributed by atoms with van der Waals surface area (Å²) in [7, 11) is -3.80. The SMILES string of the molecule is Cc1ccc(S(=O)(=O)OCC2CCN(c3ccc(N4CCC(=O)NC4=O)cc3F)CC2)cc1. The molecule has 3 amide bonds.